The second kappa shape index (κ2) is 3.73. The molecule has 0 atom stereocenters. The smallest absolute Gasteiger partial charge is 0.138 e. The average molecular weight is 203 g/mol. The van der Waals surface area contributed by atoms with E-state index in [2.05, 4.69) is 10.1 Å². The number of rotatable bonds is 2. The Morgan fingerprint density at radius 3 is 2.67 bits per heavy atom. The van der Waals surface area contributed by atoms with Gasteiger partial charge in [-0.25, -0.2) is 9.67 Å². The SMILES string of the molecule is CC(C)c1ccc(-n2cncn2)cc1O. The van der Waals surface area contributed by atoms with Crippen LogP contribution in [0.4, 0.5) is 0 Å². The number of phenols is 1. The fourth-order valence-corrected chi connectivity index (χ4v) is 1.50. The van der Waals surface area contributed by atoms with Crippen molar-refractivity contribution in [2.24, 2.45) is 0 Å². The zero-order valence-electron chi connectivity index (χ0n) is 8.75. The summed E-state index contributed by atoms with van der Waals surface area (Å²) in [5, 5.41) is 13.8. The Morgan fingerprint density at radius 2 is 2.13 bits per heavy atom. The summed E-state index contributed by atoms with van der Waals surface area (Å²) in [5.41, 5.74) is 1.76. The van der Waals surface area contributed by atoms with Gasteiger partial charge in [0.1, 0.15) is 18.4 Å². The van der Waals surface area contributed by atoms with Gasteiger partial charge in [-0.3, -0.25) is 0 Å². The lowest BCUT2D eigenvalue weighted by atomic mass is 10.0. The van der Waals surface area contributed by atoms with Gasteiger partial charge in [0, 0.05) is 6.07 Å². The first kappa shape index (κ1) is 9.71. The van der Waals surface area contributed by atoms with Gasteiger partial charge in [0.05, 0.1) is 5.69 Å². The highest BCUT2D eigenvalue weighted by molar-refractivity contribution is 5.44. The molecule has 1 N–H and O–H groups in total. The van der Waals surface area contributed by atoms with E-state index in [1.165, 1.54) is 6.33 Å². The maximum atomic E-state index is 9.80. The van der Waals surface area contributed by atoms with E-state index in [1.807, 2.05) is 26.0 Å². The van der Waals surface area contributed by atoms with E-state index in [4.69, 9.17) is 0 Å². The highest BCUT2D eigenvalue weighted by Gasteiger charge is 2.07. The Bertz CT molecular complexity index is 449. The zero-order chi connectivity index (χ0) is 10.8. The van der Waals surface area contributed by atoms with Crippen LogP contribution in [-0.2, 0) is 0 Å². The van der Waals surface area contributed by atoms with Gasteiger partial charge in [0.15, 0.2) is 0 Å². The van der Waals surface area contributed by atoms with E-state index in [0.717, 1.165) is 11.3 Å². The fraction of sp³-hybridized carbons (Fsp3) is 0.273. The van der Waals surface area contributed by atoms with Crippen LogP contribution < -0.4 is 0 Å². The van der Waals surface area contributed by atoms with Crippen molar-refractivity contribution in [3.05, 3.63) is 36.4 Å². The van der Waals surface area contributed by atoms with Gasteiger partial charge in [0.25, 0.3) is 0 Å². The summed E-state index contributed by atoms with van der Waals surface area (Å²) in [7, 11) is 0. The molecule has 0 bridgehead atoms. The van der Waals surface area contributed by atoms with E-state index in [9.17, 15) is 5.11 Å². The first-order chi connectivity index (χ1) is 7.18. The van der Waals surface area contributed by atoms with Crippen molar-refractivity contribution in [2.45, 2.75) is 19.8 Å². The molecule has 0 aliphatic heterocycles. The standard InChI is InChI=1S/C11H13N3O/c1-8(2)10-4-3-9(5-11(10)15)14-7-12-6-13-14/h3-8,15H,1-2H3. The summed E-state index contributed by atoms with van der Waals surface area (Å²) in [4.78, 5) is 3.86. The highest BCUT2D eigenvalue weighted by atomic mass is 16.3. The Morgan fingerprint density at radius 1 is 1.33 bits per heavy atom. The van der Waals surface area contributed by atoms with Crippen LogP contribution in [0.1, 0.15) is 25.3 Å². The quantitative estimate of drug-likeness (QED) is 0.813. The van der Waals surface area contributed by atoms with Crippen LogP contribution in [-0.4, -0.2) is 19.9 Å². The molecular weight excluding hydrogens is 190 g/mol. The lowest BCUT2D eigenvalue weighted by Gasteiger charge is -2.09. The molecule has 1 aromatic carbocycles. The van der Waals surface area contributed by atoms with Crippen LogP contribution in [0.25, 0.3) is 5.69 Å². The normalized spacial score (nSPS) is 10.9. The van der Waals surface area contributed by atoms with Gasteiger partial charge in [-0.2, -0.15) is 5.10 Å². The Labute approximate surface area is 88.2 Å². The van der Waals surface area contributed by atoms with Crippen LogP contribution >= 0.6 is 0 Å². The van der Waals surface area contributed by atoms with Gasteiger partial charge >= 0.3 is 0 Å². The van der Waals surface area contributed by atoms with Gasteiger partial charge < -0.3 is 5.11 Å². The van der Waals surface area contributed by atoms with Crippen LogP contribution in [0, 0.1) is 0 Å². The third kappa shape index (κ3) is 1.83. The molecule has 0 unspecified atom stereocenters. The Balaban J connectivity index is 2.42. The minimum absolute atomic E-state index is 0.304. The molecule has 0 aliphatic rings. The summed E-state index contributed by atoms with van der Waals surface area (Å²) >= 11 is 0. The molecule has 2 rings (SSSR count). The van der Waals surface area contributed by atoms with Crippen molar-refractivity contribution in [1.82, 2.24) is 14.8 Å². The van der Waals surface area contributed by atoms with E-state index in [1.54, 1.807) is 17.1 Å². The van der Waals surface area contributed by atoms with Crippen molar-refractivity contribution in [3.8, 4) is 11.4 Å². The first-order valence-corrected chi connectivity index (χ1v) is 4.86. The van der Waals surface area contributed by atoms with Crippen LogP contribution in [0.3, 0.4) is 0 Å². The number of benzene rings is 1. The molecule has 0 spiro atoms. The second-order valence-corrected chi connectivity index (χ2v) is 3.74. The third-order valence-electron chi connectivity index (χ3n) is 2.32. The van der Waals surface area contributed by atoms with E-state index < -0.39 is 0 Å². The Kier molecular flexibility index (Phi) is 2.41. The number of aromatic hydroxyl groups is 1. The minimum Gasteiger partial charge on any atom is -0.508 e. The van der Waals surface area contributed by atoms with Crippen molar-refractivity contribution in [3.63, 3.8) is 0 Å². The topological polar surface area (TPSA) is 50.9 Å². The molecule has 0 amide bonds. The largest absolute Gasteiger partial charge is 0.508 e. The summed E-state index contributed by atoms with van der Waals surface area (Å²) in [6, 6.07) is 5.53. The first-order valence-electron chi connectivity index (χ1n) is 4.86. The van der Waals surface area contributed by atoms with Crippen LogP contribution in [0.2, 0.25) is 0 Å². The summed E-state index contributed by atoms with van der Waals surface area (Å²) in [5.74, 6) is 0.618. The van der Waals surface area contributed by atoms with E-state index in [-0.39, 0.29) is 0 Å². The lowest BCUT2D eigenvalue weighted by molar-refractivity contribution is 0.464. The molecule has 0 radical (unpaired) electrons. The highest BCUT2D eigenvalue weighted by Crippen LogP contribution is 2.27. The fourth-order valence-electron chi connectivity index (χ4n) is 1.50. The van der Waals surface area contributed by atoms with Gasteiger partial charge in [-0.05, 0) is 17.5 Å². The van der Waals surface area contributed by atoms with Gasteiger partial charge in [-0.15, -0.1) is 0 Å². The average Bonchev–Trinajstić information content (AvgIpc) is 2.69. The molecule has 4 heteroatoms. The molecule has 0 aliphatic carbocycles. The molecular formula is C11H13N3O. The van der Waals surface area contributed by atoms with E-state index in [0.29, 0.717) is 11.7 Å². The van der Waals surface area contributed by atoms with Gasteiger partial charge in [0.2, 0.25) is 0 Å². The van der Waals surface area contributed by atoms with Crippen LogP contribution in [0.5, 0.6) is 5.75 Å². The van der Waals surface area contributed by atoms with Crippen LogP contribution in [0.15, 0.2) is 30.9 Å². The number of hydrogen-bond acceptors (Lipinski definition) is 3. The number of nitrogens with zero attached hydrogens (tertiary/aromatic N) is 3. The molecule has 0 fully saturated rings. The molecule has 1 aromatic heterocycles. The molecule has 78 valence electrons. The van der Waals surface area contributed by atoms with Crippen molar-refractivity contribution in [1.29, 1.82) is 0 Å². The summed E-state index contributed by atoms with van der Waals surface area (Å²) < 4.78 is 1.61. The number of phenolic OH excluding ortho intramolecular Hbond substituents is 1. The number of hydrogen-bond donors (Lipinski definition) is 1. The maximum absolute atomic E-state index is 9.80. The predicted molar refractivity (Wildman–Crippen MR) is 57.1 cm³/mol. The predicted octanol–water partition coefficient (Wildman–Crippen LogP) is 2.10. The zero-order valence-corrected chi connectivity index (χ0v) is 8.75. The van der Waals surface area contributed by atoms with Gasteiger partial charge in [-0.1, -0.05) is 19.9 Å². The maximum Gasteiger partial charge on any atom is 0.138 e. The molecule has 1 heterocycles. The minimum atomic E-state index is 0.304. The lowest BCUT2D eigenvalue weighted by Crippen LogP contribution is -1.96. The third-order valence-corrected chi connectivity index (χ3v) is 2.32. The summed E-state index contributed by atoms with van der Waals surface area (Å²) in [6.45, 7) is 4.09. The molecule has 4 nitrogen and oxygen atoms in total. The molecule has 2 aromatic rings. The monoisotopic (exact) mass is 203 g/mol. The van der Waals surface area contributed by atoms with E-state index >= 15 is 0 Å². The van der Waals surface area contributed by atoms with Crippen molar-refractivity contribution in [2.75, 3.05) is 0 Å². The van der Waals surface area contributed by atoms with Crippen molar-refractivity contribution < 1.29 is 5.11 Å². The molecule has 15 heavy (non-hydrogen) atoms. The van der Waals surface area contributed by atoms with Crippen molar-refractivity contribution >= 4 is 0 Å². The number of aromatic nitrogens is 3. The second-order valence-electron chi connectivity index (χ2n) is 3.74. The Hall–Kier alpha value is -1.84. The molecule has 0 saturated heterocycles. The molecule has 0 saturated carbocycles. The summed E-state index contributed by atoms with van der Waals surface area (Å²) in [6.07, 6.45) is 3.07.